The second-order valence-electron chi connectivity index (χ2n) is 4.31. The van der Waals surface area contributed by atoms with Gasteiger partial charge in [-0.1, -0.05) is 6.08 Å². The number of aromatic nitrogens is 4. The van der Waals surface area contributed by atoms with E-state index < -0.39 is 0 Å². The molecule has 0 aliphatic rings. The van der Waals surface area contributed by atoms with Crippen molar-refractivity contribution in [3.8, 4) is 0 Å². The molecule has 0 aliphatic heterocycles. The molecule has 0 bridgehead atoms. The standard InChI is InChI=1S/C13H20N8O/c1-4-5-16-12-18-8-9(10(14-2)20-12)19-13(17-6-7-22)21-11(8)15-3/h4,22H,1,5-7H2,2-3H3,(H2,14,16,18,20)(H2,15,17,19,21). The number of hydrogen-bond donors (Lipinski definition) is 5. The molecule has 9 heteroatoms. The lowest BCUT2D eigenvalue weighted by molar-refractivity contribution is 0.311. The Morgan fingerprint density at radius 3 is 1.95 bits per heavy atom. The van der Waals surface area contributed by atoms with Gasteiger partial charge in [0.2, 0.25) is 11.9 Å². The van der Waals surface area contributed by atoms with Crippen molar-refractivity contribution in [3.63, 3.8) is 0 Å². The van der Waals surface area contributed by atoms with Crippen LogP contribution < -0.4 is 21.3 Å². The summed E-state index contributed by atoms with van der Waals surface area (Å²) >= 11 is 0. The molecule has 2 aromatic rings. The van der Waals surface area contributed by atoms with Gasteiger partial charge < -0.3 is 26.4 Å². The lowest BCUT2D eigenvalue weighted by Crippen LogP contribution is -2.12. The normalized spacial score (nSPS) is 10.3. The number of hydrogen-bond acceptors (Lipinski definition) is 9. The van der Waals surface area contributed by atoms with Crippen LogP contribution in [0.4, 0.5) is 23.5 Å². The fraction of sp³-hybridized carbons (Fsp3) is 0.385. The number of nitrogens with zero attached hydrogens (tertiary/aromatic N) is 4. The van der Waals surface area contributed by atoms with Gasteiger partial charge in [-0.05, 0) is 0 Å². The van der Waals surface area contributed by atoms with Gasteiger partial charge in [-0.15, -0.1) is 6.58 Å². The zero-order chi connectivity index (χ0) is 15.9. The molecule has 2 aromatic heterocycles. The number of nitrogens with one attached hydrogen (secondary N) is 4. The molecule has 0 saturated carbocycles. The van der Waals surface area contributed by atoms with E-state index in [1.807, 2.05) is 0 Å². The summed E-state index contributed by atoms with van der Waals surface area (Å²) in [4.78, 5) is 17.6. The molecule has 0 saturated heterocycles. The Morgan fingerprint density at radius 2 is 1.50 bits per heavy atom. The van der Waals surface area contributed by atoms with Crippen molar-refractivity contribution in [2.75, 3.05) is 55.1 Å². The minimum absolute atomic E-state index is 0.00389. The Bertz CT molecular complexity index is 660. The Morgan fingerprint density at radius 1 is 0.955 bits per heavy atom. The van der Waals surface area contributed by atoms with E-state index in [1.165, 1.54) is 0 Å². The van der Waals surface area contributed by atoms with Crippen LogP contribution in [0, 0.1) is 0 Å². The van der Waals surface area contributed by atoms with Crippen LogP contribution in [0.15, 0.2) is 12.7 Å². The molecule has 0 amide bonds. The zero-order valence-corrected chi connectivity index (χ0v) is 12.6. The SMILES string of the molecule is C=CCNc1nc(NC)c2nc(NCCO)nc(NC)c2n1. The minimum atomic E-state index is -0.00389. The van der Waals surface area contributed by atoms with Crippen LogP contribution in [0.2, 0.25) is 0 Å². The fourth-order valence-corrected chi connectivity index (χ4v) is 1.85. The Kier molecular flexibility index (Phi) is 5.26. The van der Waals surface area contributed by atoms with E-state index in [4.69, 9.17) is 5.11 Å². The maximum absolute atomic E-state index is 8.90. The lowest BCUT2D eigenvalue weighted by Gasteiger charge is -2.12. The molecule has 0 radical (unpaired) electrons. The van der Waals surface area contributed by atoms with Gasteiger partial charge in [0.15, 0.2) is 11.6 Å². The quantitative estimate of drug-likeness (QED) is 0.444. The molecule has 0 atom stereocenters. The van der Waals surface area contributed by atoms with Gasteiger partial charge in [-0.25, -0.2) is 9.97 Å². The van der Waals surface area contributed by atoms with Crippen LogP contribution in [0.3, 0.4) is 0 Å². The monoisotopic (exact) mass is 304 g/mol. The first-order valence-corrected chi connectivity index (χ1v) is 6.88. The van der Waals surface area contributed by atoms with Gasteiger partial charge in [0.05, 0.1) is 6.61 Å². The van der Waals surface area contributed by atoms with E-state index in [1.54, 1.807) is 20.2 Å². The smallest absolute Gasteiger partial charge is 0.225 e. The van der Waals surface area contributed by atoms with Crippen molar-refractivity contribution in [1.82, 2.24) is 19.9 Å². The fourth-order valence-electron chi connectivity index (χ4n) is 1.85. The zero-order valence-electron chi connectivity index (χ0n) is 12.6. The number of fused-ring (bicyclic) bond motifs is 1. The van der Waals surface area contributed by atoms with Crippen molar-refractivity contribution in [2.45, 2.75) is 0 Å². The van der Waals surface area contributed by atoms with Crippen molar-refractivity contribution >= 4 is 34.6 Å². The summed E-state index contributed by atoms with van der Waals surface area (Å²) in [5.74, 6) is 2.03. The predicted molar refractivity (Wildman–Crippen MR) is 88.5 cm³/mol. The highest BCUT2D eigenvalue weighted by Crippen LogP contribution is 2.26. The van der Waals surface area contributed by atoms with Crippen molar-refractivity contribution in [2.24, 2.45) is 0 Å². The van der Waals surface area contributed by atoms with Crippen LogP contribution in [-0.4, -0.2) is 58.8 Å². The number of anilines is 4. The van der Waals surface area contributed by atoms with Gasteiger partial charge in [0, 0.05) is 27.2 Å². The van der Waals surface area contributed by atoms with Gasteiger partial charge in [0.1, 0.15) is 11.0 Å². The summed E-state index contributed by atoms with van der Waals surface area (Å²) in [5.41, 5.74) is 1.19. The average Bonchev–Trinajstić information content (AvgIpc) is 2.56. The molecule has 0 aromatic carbocycles. The average molecular weight is 304 g/mol. The summed E-state index contributed by atoms with van der Waals surface area (Å²) in [5, 5.41) is 20.9. The first-order chi connectivity index (χ1) is 10.7. The molecule has 9 nitrogen and oxygen atoms in total. The van der Waals surface area contributed by atoms with Crippen molar-refractivity contribution < 1.29 is 5.11 Å². The summed E-state index contributed by atoms with van der Waals surface area (Å²) in [6.07, 6.45) is 1.73. The first-order valence-electron chi connectivity index (χ1n) is 6.88. The van der Waals surface area contributed by atoms with Crippen molar-refractivity contribution in [3.05, 3.63) is 12.7 Å². The molecule has 5 N–H and O–H groups in total. The van der Waals surface area contributed by atoms with E-state index in [9.17, 15) is 0 Å². The Hall–Kier alpha value is -2.68. The Labute approximate surface area is 128 Å². The summed E-state index contributed by atoms with van der Waals surface area (Å²) in [6, 6.07) is 0. The maximum atomic E-state index is 8.90. The topological polar surface area (TPSA) is 120 Å². The molecule has 2 heterocycles. The molecule has 22 heavy (non-hydrogen) atoms. The highest BCUT2D eigenvalue weighted by molar-refractivity contribution is 5.94. The van der Waals surface area contributed by atoms with Crippen LogP contribution in [0.5, 0.6) is 0 Å². The second kappa shape index (κ2) is 7.36. The molecule has 0 aliphatic carbocycles. The Balaban J connectivity index is 2.55. The van der Waals surface area contributed by atoms with Crippen LogP contribution in [0.25, 0.3) is 11.0 Å². The minimum Gasteiger partial charge on any atom is -0.395 e. The van der Waals surface area contributed by atoms with Gasteiger partial charge in [-0.2, -0.15) is 9.97 Å². The third-order valence-corrected chi connectivity index (χ3v) is 2.82. The summed E-state index contributed by atoms with van der Waals surface area (Å²) < 4.78 is 0. The third kappa shape index (κ3) is 3.31. The molecular weight excluding hydrogens is 284 g/mol. The number of aliphatic hydroxyl groups excluding tert-OH is 1. The second-order valence-corrected chi connectivity index (χ2v) is 4.31. The van der Waals surface area contributed by atoms with Crippen LogP contribution >= 0.6 is 0 Å². The molecule has 0 fully saturated rings. The lowest BCUT2D eigenvalue weighted by atomic mass is 10.3. The highest BCUT2D eigenvalue weighted by atomic mass is 16.3. The summed E-state index contributed by atoms with van der Waals surface area (Å²) in [6.45, 7) is 4.57. The van der Waals surface area contributed by atoms with Gasteiger partial charge in [0.25, 0.3) is 0 Å². The van der Waals surface area contributed by atoms with Crippen LogP contribution in [0.1, 0.15) is 0 Å². The van der Waals surface area contributed by atoms with Crippen molar-refractivity contribution in [1.29, 1.82) is 0 Å². The van der Waals surface area contributed by atoms with E-state index in [0.29, 0.717) is 47.7 Å². The van der Waals surface area contributed by atoms with Crippen LogP contribution in [-0.2, 0) is 0 Å². The van der Waals surface area contributed by atoms with E-state index in [2.05, 4.69) is 47.8 Å². The van der Waals surface area contributed by atoms with E-state index in [0.717, 1.165) is 0 Å². The molecular formula is C13H20N8O. The summed E-state index contributed by atoms with van der Waals surface area (Å²) in [7, 11) is 3.52. The van der Waals surface area contributed by atoms with E-state index in [-0.39, 0.29) is 6.61 Å². The number of aliphatic hydroxyl groups is 1. The third-order valence-electron chi connectivity index (χ3n) is 2.82. The van der Waals surface area contributed by atoms with Gasteiger partial charge in [-0.3, -0.25) is 0 Å². The molecule has 118 valence electrons. The molecule has 0 unspecified atom stereocenters. The molecule has 0 spiro atoms. The maximum Gasteiger partial charge on any atom is 0.225 e. The number of rotatable bonds is 8. The molecule has 2 rings (SSSR count). The highest BCUT2D eigenvalue weighted by Gasteiger charge is 2.14. The van der Waals surface area contributed by atoms with E-state index >= 15 is 0 Å². The van der Waals surface area contributed by atoms with Gasteiger partial charge >= 0.3 is 0 Å². The first kappa shape index (κ1) is 15.7. The predicted octanol–water partition coefficient (Wildman–Crippen LogP) is 0.505. The largest absolute Gasteiger partial charge is 0.395 e.